The van der Waals surface area contributed by atoms with Crippen molar-refractivity contribution in [3.63, 3.8) is 0 Å². The largest absolute Gasteiger partial charge is 0.433 e. The number of fused-ring (bicyclic) bond motifs is 4. The summed E-state index contributed by atoms with van der Waals surface area (Å²) >= 11 is 18.1. The van der Waals surface area contributed by atoms with Gasteiger partial charge in [-0.3, -0.25) is 9.97 Å². The second-order valence-electron chi connectivity index (χ2n) is 23.3. The van der Waals surface area contributed by atoms with Crippen LogP contribution in [0.2, 0.25) is 15.2 Å². The summed E-state index contributed by atoms with van der Waals surface area (Å²) in [7, 11) is 0. The highest BCUT2D eigenvalue weighted by Crippen LogP contribution is 2.36. The molecule has 0 spiro atoms. The summed E-state index contributed by atoms with van der Waals surface area (Å²) in [5.41, 5.74) is 18.3. The zero-order chi connectivity index (χ0) is 73.2. The van der Waals surface area contributed by atoms with Crippen molar-refractivity contribution in [1.82, 2.24) is 49.8 Å². The molecule has 6 aromatic heterocycles. The number of rotatable bonds is 10. The topological polar surface area (TPSA) is 316 Å². The van der Waals surface area contributed by atoms with Crippen molar-refractivity contribution in [2.45, 2.75) is 76.3 Å². The van der Waals surface area contributed by atoms with Crippen LogP contribution in [0.25, 0.3) is 0 Å². The highest BCUT2D eigenvalue weighted by atomic mass is 35.5. The number of pyridine rings is 2. The van der Waals surface area contributed by atoms with E-state index in [2.05, 4.69) is 94.1 Å². The molecule has 0 aliphatic carbocycles. The minimum absolute atomic E-state index is 0.326. The number of aliphatic hydroxyl groups excluding tert-OH is 2. The van der Waals surface area contributed by atoms with E-state index in [0.717, 1.165) is 155 Å². The summed E-state index contributed by atoms with van der Waals surface area (Å²) in [6.07, 6.45) is 6.11. The lowest BCUT2D eigenvalue weighted by Gasteiger charge is -2.32. The molecule has 5 N–H and O–H groups in total. The smallest absolute Gasteiger partial charge is 0.394 e. The number of benzene rings is 4. The van der Waals surface area contributed by atoms with Crippen LogP contribution in [0.3, 0.4) is 0 Å². The molecule has 0 saturated carbocycles. The molecule has 4 aliphatic rings. The van der Waals surface area contributed by atoms with Gasteiger partial charge < -0.3 is 40.9 Å². The van der Waals surface area contributed by atoms with E-state index in [0.29, 0.717) is 69.3 Å². The van der Waals surface area contributed by atoms with Gasteiger partial charge in [-0.25, -0.2) is 39.9 Å². The molecule has 103 heavy (non-hydrogen) atoms. The third kappa shape index (κ3) is 18.9. The molecule has 14 rings (SSSR count). The Morgan fingerprint density at radius 3 is 1.32 bits per heavy atom. The molecule has 4 aliphatic heterocycles. The average Bonchev–Trinajstić information content (AvgIpc) is 0.808. The molecule has 10 heterocycles. The quantitative estimate of drug-likeness (QED) is 0.0730. The van der Waals surface area contributed by atoms with Crippen LogP contribution in [0.4, 0.5) is 54.9 Å². The molecule has 4 aromatic carbocycles. The normalized spacial score (nSPS) is 14.0. The first-order chi connectivity index (χ1) is 49.7. The molecule has 31 heteroatoms. The Kier molecular flexibility index (Phi) is 24.9. The summed E-state index contributed by atoms with van der Waals surface area (Å²) < 4.78 is 74.6. The maximum Gasteiger partial charge on any atom is 0.433 e. The second kappa shape index (κ2) is 34.4. The lowest BCUT2D eigenvalue weighted by atomic mass is 10.0. The molecular weight excluding hydrogens is 1400 g/mol. The van der Waals surface area contributed by atoms with Crippen molar-refractivity contribution in [3.8, 4) is 24.3 Å². The number of nitrogens with zero attached hydrogens (tertiary/aromatic N) is 18. The first-order valence-electron chi connectivity index (χ1n) is 31.7. The van der Waals surface area contributed by atoms with Gasteiger partial charge in [0.15, 0.2) is 0 Å². The van der Waals surface area contributed by atoms with Crippen LogP contribution in [-0.2, 0) is 64.2 Å². The molecule has 0 amide bonds. The Hall–Kier alpha value is -11.2. The minimum atomic E-state index is -4.54. The molecule has 0 unspecified atom stereocenters. The molecule has 0 fully saturated rings. The Bertz CT molecular complexity index is 4670. The lowest BCUT2D eigenvalue weighted by Crippen LogP contribution is -2.33. The van der Waals surface area contributed by atoms with Gasteiger partial charge in [0.2, 0.25) is 0 Å². The van der Waals surface area contributed by atoms with Gasteiger partial charge in [-0.05, 0) is 83.9 Å². The highest BCUT2D eigenvalue weighted by molar-refractivity contribution is 6.31. The predicted octanol–water partition coefficient (Wildman–Crippen LogP) is 12.3. The fourth-order valence-electron chi connectivity index (χ4n) is 11.6. The highest BCUT2D eigenvalue weighted by Gasteiger charge is 2.34. The number of hydrogen-bond donors (Lipinski definition) is 4. The fourth-order valence-corrected chi connectivity index (χ4v) is 12.2. The van der Waals surface area contributed by atoms with Gasteiger partial charge in [0.1, 0.15) is 71.9 Å². The van der Waals surface area contributed by atoms with Crippen molar-refractivity contribution < 1.29 is 36.6 Å². The van der Waals surface area contributed by atoms with E-state index in [4.69, 9.17) is 56.2 Å². The Labute approximate surface area is 602 Å². The zero-order valence-corrected chi connectivity index (χ0v) is 56.8. The van der Waals surface area contributed by atoms with Gasteiger partial charge in [0.25, 0.3) is 0 Å². The van der Waals surface area contributed by atoms with Crippen molar-refractivity contribution in [3.05, 3.63) is 264 Å². The molecule has 0 saturated heterocycles. The summed E-state index contributed by atoms with van der Waals surface area (Å²) in [6, 6.07) is 37.4. The predicted molar refractivity (Wildman–Crippen MR) is 373 cm³/mol. The number of aromatic nitrogens is 10. The van der Waals surface area contributed by atoms with Gasteiger partial charge in [0.05, 0.1) is 93.1 Å². The minimum Gasteiger partial charge on any atom is -0.394 e. The number of hydrogen-bond acceptors (Lipinski definition) is 22. The molecule has 10 aromatic rings. The second-order valence-corrected chi connectivity index (χ2v) is 24.6. The van der Waals surface area contributed by atoms with Crippen LogP contribution in [0.1, 0.15) is 102 Å². The van der Waals surface area contributed by atoms with E-state index in [9.17, 15) is 42.0 Å². The van der Waals surface area contributed by atoms with Gasteiger partial charge in [0, 0.05) is 135 Å². The fraction of sp³-hybridized carbons (Fsp3) is 0.250. The molecule has 0 radical (unpaired) electrons. The third-order valence-corrected chi connectivity index (χ3v) is 17.7. The summed E-state index contributed by atoms with van der Waals surface area (Å²) in [4.78, 5) is 48.8. The summed E-state index contributed by atoms with van der Waals surface area (Å²) in [6.45, 7) is 5.04. The molecule has 2 atom stereocenters. The third-order valence-electron chi connectivity index (χ3n) is 16.9. The maximum absolute atomic E-state index is 12.8. The van der Waals surface area contributed by atoms with E-state index in [1.54, 1.807) is 43.0 Å². The van der Waals surface area contributed by atoms with Crippen molar-refractivity contribution in [2.75, 3.05) is 64.3 Å². The lowest BCUT2D eigenvalue weighted by molar-refractivity contribution is -0.142. The zero-order valence-electron chi connectivity index (χ0n) is 54.5. The van der Waals surface area contributed by atoms with Gasteiger partial charge >= 0.3 is 12.4 Å². The average molecular weight is 1460 g/mol. The van der Waals surface area contributed by atoms with Crippen LogP contribution >= 0.6 is 34.8 Å². The number of para-hydroxylation sites is 2. The number of nitrogens with two attached hydrogens (primary N) is 1. The van der Waals surface area contributed by atoms with Crippen molar-refractivity contribution in [1.29, 1.82) is 21.0 Å². The Balaban J connectivity index is 0.000000143. The Morgan fingerprint density at radius 2 is 0.874 bits per heavy atom. The number of nitriles is 4. The number of anilines is 5. The van der Waals surface area contributed by atoms with Crippen LogP contribution in [-0.4, -0.2) is 99.4 Å². The van der Waals surface area contributed by atoms with Gasteiger partial charge in [-0.2, -0.15) is 47.4 Å². The van der Waals surface area contributed by atoms with Crippen LogP contribution in [0, 0.1) is 45.3 Å². The van der Waals surface area contributed by atoms with Crippen LogP contribution < -0.4 is 30.7 Å². The van der Waals surface area contributed by atoms with Crippen LogP contribution in [0.5, 0.6) is 0 Å². The summed E-state index contributed by atoms with van der Waals surface area (Å²) in [5.74, 6) is 0.455. The monoisotopic (exact) mass is 1460 g/mol. The van der Waals surface area contributed by atoms with Crippen molar-refractivity contribution >= 4 is 63.4 Å². The standard InChI is InChI=1S/C22H18ClF3N6O.C14H10Cl2N4.2C14H12N4.C8H9F3N2O/c23-15-2-3-19(14(7-15)8-27)32-6-5-17-16(10-32)21(30-12-29-17)31-18(11-33)13-1-4-20(28-9-13)22(24,25)26;15-10-1-2-13(9(5-10)6-17)20-4-3-12-11(7-20)14(16)19-8-18-12;2*15-7-11-3-1-2-4-14(11)18-6-5-13-12(9-18)8-16-10-17-13;9-8(10,11)7-2-1-5(3-13-7)6(12)4-14/h1-4,7,9,12,18,33H,5-6,10-11H2,(H,29,30,31);1-2,5,8H,3-4,7H2;2*1-4,8,10H,5-6,9H2;1-3,6,14H,4,12H2/t18-;;;;6-/m1...1/s1. The first-order valence-corrected chi connectivity index (χ1v) is 32.9. The van der Waals surface area contributed by atoms with E-state index >= 15 is 0 Å². The van der Waals surface area contributed by atoms with Gasteiger partial charge in [-0.1, -0.05) is 71.2 Å². The molecule has 524 valence electrons. The van der Waals surface area contributed by atoms with E-state index < -0.39 is 35.8 Å². The molecule has 0 bridgehead atoms. The van der Waals surface area contributed by atoms with Gasteiger partial charge in [-0.15, -0.1) is 0 Å². The molecular formula is C72H61Cl3F6N20O2. The molecule has 22 nitrogen and oxygen atoms in total. The van der Waals surface area contributed by atoms with Crippen molar-refractivity contribution in [2.24, 2.45) is 5.73 Å². The van der Waals surface area contributed by atoms with E-state index in [1.165, 1.54) is 24.8 Å². The number of aliphatic hydroxyl groups is 2. The Morgan fingerprint density at radius 1 is 0.456 bits per heavy atom. The number of nitrogens with one attached hydrogen (secondary N) is 1. The summed E-state index contributed by atoms with van der Waals surface area (Å²) in [5, 5.41) is 60.2. The van der Waals surface area contributed by atoms with Crippen LogP contribution in [0.15, 0.2) is 159 Å². The number of alkyl halides is 6. The first kappa shape index (κ1) is 74.5. The van der Waals surface area contributed by atoms with E-state index in [-0.39, 0.29) is 13.2 Å². The van der Waals surface area contributed by atoms with E-state index in [1.807, 2.05) is 71.9 Å². The SMILES string of the molecule is N#Cc1cc(Cl)ccc1N1CCc2ncnc(Cl)c2C1.N#Cc1cc(Cl)ccc1N1CCc2ncnc(N[C@H](CO)c3ccc(C(F)(F)F)nc3)c2C1.N#Cc1ccccc1N1CCc2ncncc2C1.N#Cc1ccccc1N1CCc2ncncc2C1.N[C@H](CO)c1ccc(C(F)(F)F)nc1. The maximum atomic E-state index is 12.8. The number of halogens is 9.